The molecule has 1 heterocycles. The smallest absolute Gasteiger partial charge is 0.0642 e. The second-order valence-electron chi connectivity index (χ2n) is 5.60. The van der Waals surface area contributed by atoms with Crippen molar-refractivity contribution in [2.45, 2.75) is 58.0 Å². The lowest BCUT2D eigenvalue weighted by Gasteiger charge is -2.32. The van der Waals surface area contributed by atoms with Crippen LogP contribution in [0.5, 0.6) is 0 Å². The zero-order chi connectivity index (χ0) is 13.8. The van der Waals surface area contributed by atoms with Gasteiger partial charge in [-0.05, 0) is 43.9 Å². The van der Waals surface area contributed by atoms with Gasteiger partial charge in [-0.15, -0.1) is 0 Å². The van der Waals surface area contributed by atoms with Crippen molar-refractivity contribution in [1.82, 2.24) is 0 Å². The summed E-state index contributed by atoms with van der Waals surface area (Å²) in [5.41, 5.74) is 8.21. The lowest BCUT2D eigenvalue weighted by atomic mass is 10.1. The SMILES string of the molecule is CCC1CCCCCN1c1ccc([C@@H](C)N)cc1Cl. The molecule has 3 heteroatoms. The largest absolute Gasteiger partial charge is 0.367 e. The van der Waals surface area contributed by atoms with Crippen LogP contribution in [-0.4, -0.2) is 12.6 Å². The zero-order valence-corrected chi connectivity index (χ0v) is 12.8. The van der Waals surface area contributed by atoms with Gasteiger partial charge >= 0.3 is 0 Å². The van der Waals surface area contributed by atoms with E-state index in [1.807, 2.05) is 13.0 Å². The summed E-state index contributed by atoms with van der Waals surface area (Å²) in [6.45, 7) is 5.38. The highest BCUT2D eigenvalue weighted by Crippen LogP contribution is 2.33. The normalized spacial score (nSPS) is 22.1. The highest BCUT2D eigenvalue weighted by molar-refractivity contribution is 6.33. The number of nitrogens with zero attached hydrogens (tertiary/aromatic N) is 1. The van der Waals surface area contributed by atoms with Crippen LogP contribution in [0.2, 0.25) is 5.02 Å². The third-order valence-corrected chi connectivity index (χ3v) is 4.46. The van der Waals surface area contributed by atoms with Crippen molar-refractivity contribution in [3.8, 4) is 0 Å². The summed E-state index contributed by atoms with van der Waals surface area (Å²) in [6, 6.07) is 6.95. The molecule has 0 saturated carbocycles. The number of halogens is 1. The summed E-state index contributed by atoms with van der Waals surface area (Å²) < 4.78 is 0. The molecule has 2 N–H and O–H groups in total. The molecule has 1 aromatic rings. The van der Waals surface area contributed by atoms with E-state index in [0.29, 0.717) is 6.04 Å². The molecule has 1 unspecified atom stereocenters. The van der Waals surface area contributed by atoms with E-state index in [0.717, 1.165) is 17.1 Å². The summed E-state index contributed by atoms with van der Waals surface area (Å²) in [4.78, 5) is 2.50. The Morgan fingerprint density at radius 2 is 2.16 bits per heavy atom. The third kappa shape index (κ3) is 3.43. The highest BCUT2D eigenvalue weighted by atomic mass is 35.5. The maximum atomic E-state index is 6.49. The average Bonchev–Trinajstić information content (AvgIpc) is 2.63. The molecule has 1 fully saturated rings. The van der Waals surface area contributed by atoms with Gasteiger partial charge in [0, 0.05) is 18.6 Å². The van der Waals surface area contributed by atoms with Crippen molar-refractivity contribution in [2.75, 3.05) is 11.4 Å². The predicted octanol–water partition coefficient (Wildman–Crippen LogP) is 4.52. The molecule has 0 amide bonds. The van der Waals surface area contributed by atoms with Crippen molar-refractivity contribution in [1.29, 1.82) is 0 Å². The molecular weight excluding hydrogens is 256 g/mol. The van der Waals surface area contributed by atoms with Crippen LogP contribution in [0.15, 0.2) is 18.2 Å². The number of nitrogens with two attached hydrogens (primary N) is 1. The summed E-state index contributed by atoms with van der Waals surface area (Å²) in [5, 5.41) is 0.843. The van der Waals surface area contributed by atoms with Crippen LogP contribution in [0.4, 0.5) is 5.69 Å². The van der Waals surface area contributed by atoms with E-state index in [4.69, 9.17) is 17.3 Å². The molecule has 0 aromatic heterocycles. The Labute approximate surface area is 121 Å². The van der Waals surface area contributed by atoms with E-state index in [1.54, 1.807) is 0 Å². The summed E-state index contributed by atoms with van der Waals surface area (Å²) in [6.07, 6.45) is 6.40. The lowest BCUT2D eigenvalue weighted by Crippen LogP contribution is -2.34. The predicted molar refractivity (Wildman–Crippen MR) is 83.9 cm³/mol. The number of benzene rings is 1. The van der Waals surface area contributed by atoms with E-state index in [-0.39, 0.29) is 6.04 Å². The van der Waals surface area contributed by atoms with Gasteiger partial charge < -0.3 is 10.6 Å². The number of hydrogen-bond acceptors (Lipinski definition) is 2. The Kier molecular flexibility index (Phi) is 5.12. The van der Waals surface area contributed by atoms with Crippen LogP contribution in [0.25, 0.3) is 0 Å². The molecule has 0 radical (unpaired) electrons. The van der Waals surface area contributed by atoms with Gasteiger partial charge in [-0.2, -0.15) is 0 Å². The summed E-state index contributed by atoms with van der Waals surface area (Å²) in [5.74, 6) is 0. The fourth-order valence-corrected chi connectivity index (χ4v) is 3.26. The van der Waals surface area contributed by atoms with E-state index >= 15 is 0 Å². The van der Waals surface area contributed by atoms with Crippen LogP contribution < -0.4 is 10.6 Å². The molecule has 1 aromatic carbocycles. The van der Waals surface area contributed by atoms with Crippen molar-refractivity contribution >= 4 is 17.3 Å². The molecule has 1 aliphatic heterocycles. The first-order valence-corrected chi connectivity index (χ1v) is 7.83. The first-order valence-electron chi connectivity index (χ1n) is 7.45. The first-order chi connectivity index (χ1) is 9.13. The van der Waals surface area contributed by atoms with Gasteiger partial charge in [-0.25, -0.2) is 0 Å². The molecule has 2 nitrogen and oxygen atoms in total. The van der Waals surface area contributed by atoms with E-state index in [2.05, 4.69) is 24.0 Å². The lowest BCUT2D eigenvalue weighted by molar-refractivity contribution is 0.556. The van der Waals surface area contributed by atoms with Crippen molar-refractivity contribution < 1.29 is 0 Å². The van der Waals surface area contributed by atoms with Gasteiger partial charge in [0.15, 0.2) is 0 Å². The molecule has 0 spiro atoms. The minimum Gasteiger partial charge on any atom is -0.367 e. The van der Waals surface area contributed by atoms with E-state index in [9.17, 15) is 0 Å². The Balaban J connectivity index is 2.28. The highest BCUT2D eigenvalue weighted by Gasteiger charge is 2.21. The second-order valence-corrected chi connectivity index (χ2v) is 6.01. The molecule has 106 valence electrons. The fraction of sp³-hybridized carbons (Fsp3) is 0.625. The van der Waals surface area contributed by atoms with Crippen LogP contribution >= 0.6 is 11.6 Å². The fourth-order valence-electron chi connectivity index (χ4n) is 2.96. The minimum atomic E-state index is 0.0395. The number of anilines is 1. The quantitative estimate of drug-likeness (QED) is 0.882. The average molecular weight is 281 g/mol. The molecule has 1 aliphatic rings. The Hall–Kier alpha value is -0.730. The van der Waals surface area contributed by atoms with E-state index < -0.39 is 0 Å². The minimum absolute atomic E-state index is 0.0395. The third-order valence-electron chi connectivity index (χ3n) is 4.16. The molecule has 0 aliphatic carbocycles. The van der Waals surface area contributed by atoms with Crippen LogP contribution in [-0.2, 0) is 0 Å². The Morgan fingerprint density at radius 1 is 1.37 bits per heavy atom. The topological polar surface area (TPSA) is 29.3 Å². The zero-order valence-electron chi connectivity index (χ0n) is 12.0. The summed E-state index contributed by atoms with van der Waals surface area (Å²) in [7, 11) is 0. The first kappa shape index (κ1) is 14.7. The number of hydrogen-bond donors (Lipinski definition) is 1. The monoisotopic (exact) mass is 280 g/mol. The Bertz CT molecular complexity index is 417. The maximum Gasteiger partial charge on any atom is 0.0642 e. The van der Waals surface area contributed by atoms with Crippen LogP contribution in [0.1, 0.15) is 57.6 Å². The Morgan fingerprint density at radius 3 is 2.79 bits per heavy atom. The van der Waals surface area contributed by atoms with Gasteiger partial charge in [0.2, 0.25) is 0 Å². The van der Waals surface area contributed by atoms with Gasteiger partial charge in [0.1, 0.15) is 0 Å². The summed E-state index contributed by atoms with van der Waals surface area (Å²) >= 11 is 6.49. The van der Waals surface area contributed by atoms with Crippen molar-refractivity contribution in [3.63, 3.8) is 0 Å². The molecular formula is C16H25ClN2. The standard InChI is InChI=1S/C16H25ClN2/c1-3-14-7-5-4-6-10-19(14)16-9-8-13(12(2)18)11-15(16)17/h8-9,11-12,14H,3-7,10,18H2,1-2H3/t12-,14?/m1/s1. The second kappa shape index (κ2) is 6.62. The van der Waals surface area contributed by atoms with Crippen molar-refractivity contribution in [3.05, 3.63) is 28.8 Å². The van der Waals surface area contributed by atoms with Gasteiger partial charge in [-0.3, -0.25) is 0 Å². The maximum absolute atomic E-state index is 6.49. The van der Waals surface area contributed by atoms with Gasteiger partial charge in [-0.1, -0.05) is 37.4 Å². The molecule has 19 heavy (non-hydrogen) atoms. The van der Waals surface area contributed by atoms with Gasteiger partial charge in [0.05, 0.1) is 10.7 Å². The van der Waals surface area contributed by atoms with Crippen LogP contribution in [0.3, 0.4) is 0 Å². The van der Waals surface area contributed by atoms with E-state index in [1.165, 1.54) is 37.8 Å². The van der Waals surface area contributed by atoms with Crippen molar-refractivity contribution in [2.24, 2.45) is 5.73 Å². The van der Waals surface area contributed by atoms with Crippen LogP contribution in [0, 0.1) is 0 Å². The number of rotatable bonds is 3. The molecule has 1 saturated heterocycles. The molecule has 2 atom stereocenters. The van der Waals surface area contributed by atoms with Gasteiger partial charge in [0.25, 0.3) is 0 Å². The molecule has 0 bridgehead atoms. The molecule has 2 rings (SSSR count).